The second-order valence-electron chi connectivity index (χ2n) is 7.55. The Bertz CT molecular complexity index is 1010. The fourth-order valence-corrected chi connectivity index (χ4v) is 3.88. The number of fused-ring (bicyclic) bond motifs is 1. The molecule has 1 atom stereocenters. The Morgan fingerprint density at radius 2 is 2.16 bits per heavy atom. The number of hydrogen-bond acceptors (Lipinski definition) is 8. The van der Waals surface area contributed by atoms with E-state index >= 15 is 0 Å². The number of pyridine rings is 2. The zero-order valence-electron chi connectivity index (χ0n) is 17.6. The number of aliphatic hydroxyl groups is 1. The summed E-state index contributed by atoms with van der Waals surface area (Å²) in [6, 6.07) is 9.55. The van der Waals surface area contributed by atoms with Crippen molar-refractivity contribution in [1.82, 2.24) is 19.4 Å². The molecule has 4 heterocycles. The molecule has 0 radical (unpaired) electrons. The minimum Gasteiger partial charge on any atom is -0.471 e. The molecular weight excluding hydrogens is 398 g/mol. The van der Waals surface area contributed by atoms with Crippen LogP contribution in [0.1, 0.15) is 12.1 Å². The van der Waals surface area contributed by atoms with Gasteiger partial charge in [0.25, 0.3) is 6.47 Å². The van der Waals surface area contributed by atoms with E-state index in [2.05, 4.69) is 14.9 Å². The highest BCUT2D eigenvalue weighted by molar-refractivity contribution is 5.91. The second-order valence-corrected chi connectivity index (χ2v) is 7.55. The molecule has 0 bridgehead atoms. The summed E-state index contributed by atoms with van der Waals surface area (Å²) < 4.78 is 12.5. The van der Waals surface area contributed by atoms with Gasteiger partial charge in [0, 0.05) is 57.1 Å². The molecule has 1 saturated heterocycles. The van der Waals surface area contributed by atoms with Crippen LogP contribution in [-0.4, -0.2) is 70.0 Å². The van der Waals surface area contributed by atoms with Crippen molar-refractivity contribution in [3.05, 3.63) is 48.4 Å². The number of aromatic nitrogens is 3. The summed E-state index contributed by atoms with van der Waals surface area (Å²) in [6.07, 6.45) is 3.87. The molecule has 1 fully saturated rings. The Morgan fingerprint density at radius 3 is 2.94 bits per heavy atom. The molecule has 164 valence electrons. The molecular formula is C22H27N5O4. The molecule has 1 N–H and O–H groups in total. The van der Waals surface area contributed by atoms with Gasteiger partial charge in [0.2, 0.25) is 5.88 Å². The number of β-amino-alcohol motifs (C(OH)–C–C–N with tert-alkyl or cyclic N) is 1. The molecule has 0 saturated carbocycles. The zero-order valence-corrected chi connectivity index (χ0v) is 17.6. The molecule has 0 amide bonds. The van der Waals surface area contributed by atoms with Crippen molar-refractivity contribution in [2.24, 2.45) is 7.05 Å². The third-order valence-corrected chi connectivity index (χ3v) is 5.42. The number of carbonyl (C=O) groups is 1. The van der Waals surface area contributed by atoms with Gasteiger partial charge < -0.3 is 24.0 Å². The van der Waals surface area contributed by atoms with E-state index in [1.54, 1.807) is 6.20 Å². The van der Waals surface area contributed by atoms with Crippen LogP contribution in [-0.2, 0) is 23.2 Å². The summed E-state index contributed by atoms with van der Waals surface area (Å²) >= 11 is 0. The van der Waals surface area contributed by atoms with Gasteiger partial charge in [0.05, 0.1) is 18.0 Å². The van der Waals surface area contributed by atoms with Crippen molar-refractivity contribution in [2.45, 2.75) is 19.3 Å². The predicted octanol–water partition coefficient (Wildman–Crippen LogP) is 1.55. The maximum atomic E-state index is 10.8. The molecule has 3 aromatic rings. The first kappa shape index (κ1) is 21.1. The summed E-state index contributed by atoms with van der Waals surface area (Å²) in [5.74, 6) is 0.536. The van der Waals surface area contributed by atoms with Gasteiger partial charge in [0.15, 0.2) is 0 Å². The number of rotatable bonds is 9. The standard InChI is InChI=1S/C22H27N5O4/c1-25-13-19(27-11-10-26(14-21(27)29)9-4-12-30-16-28)18-6-7-20(24-22(18)25)31-15-17-5-2-3-8-23-17/h2-3,5-8,13,16,21,29H,4,9-12,14-15H2,1H3. The SMILES string of the molecule is Cn1cc(N2CCN(CCCOC=O)CC2O)c2ccc(OCc3ccccn3)nc21. The topological polar surface area (TPSA) is 93.0 Å². The number of nitrogens with zero attached hydrogens (tertiary/aromatic N) is 5. The maximum absolute atomic E-state index is 10.8. The van der Waals surface area contributed by atoms with Crippen molar-refractivity contribution >= 4 is 23.2 Å². The van der Waals surface area contributed by atoms with Gasteiger partial charge in [-0.1, -0.05) is 6.07 Å². The smallest absolute Gasteiger partial charge is 0.293 e. The van der Waals surface area contributed by atoms with Crippen molar-refractivity contribution in [3.63, 3.8) is 0 Å². The van der Waals surface area contributed by atoms with Crippen LogP contribution < -0.4 is 9.64 Å². The van der Waals surface area contributed by atoms with Crippen molar-refractivity contribution in [3.8, 4) is 5.88 Å². The third-order valence-electron chi connectivity index (χ3n) is 5.42. The van der Waals surface area contributed by atoms with Crippen LogP contribution >= 0.6 is 0 Å². The predicted molar refractivity (Wildman–Crippen MR) is 116 cm³/mol. The van der Waals surface area contributed by atoms with E-state index in [0.717, 1.165) is 41.9 Å². The molecule has 4 rings (SSSR count). The lowest BCUT2D eigenvalue weighted by Gasteiger charge is -2.39. The van der Waals surface area contributed by atoms with Gasteiger partial charge in [-0.15, -0.1) is 0 Å². The Balaban J connectivity index is 1.43. The summed E-state index contributed by atoms with van der Waals surface area (Å²) in [6.45, 7) is 4.08. The quantitative estimate of drug-likeness (QED) is 0.408. The Morgan fingerprint density at radius 1 is 1.26 bits per heavy atom. The monoisotopic (exact) mass is 425 g/mol. The lowest BCUT2D eigenvalue weighted by molar-refractivity contribution is -0.128. The third kappa shape index (κ3) is 4.95. The first-order valence-corrected chi connectivity index (χ1v) is 10.4. The number of aliphatic hydroxyl groups excluding tert-OH is 1. The van der Waals surface area contributed by atoms with Gasteiger partial charge in [0.1, 0.15) is 18.5 Å². The van der Waals surface area contributed by atoms with Crippen LogP contribution in [0.5, 0.6) is 5.88 Å². The zero-order chi connectivity index (χ0) is 21.6. The van der Waals surface area contributed by atoms with E-state index in [-0.39, 0.29) is 0 Å². The molecule has 31 heavy (non-hydrogen) atoms. The first-order valence-electron chi connectivity index (χ1n) is 10.4. The maximum Gasteiger partial charge on any atom is 0.293 e. The molecule has 0 aromatic carbocycles. The summed E-state index contributed by atoms with van der Waals surface area (Å²) in [4.78, 5) is 23.4. The van der Waals surface area contributed by atoms with Crippen molar-refractivity contribution in [1.29, 1.82) is 0 Å². The van der Waals surface area contributed by atoms with Crippen LogP contribution in [0, 0.1) is 0 Å². The normalized spacial score (nSPS) is 17.1. The number of aryl methyl sites for hydroxylation is 1. The fraction of sp³-hybridized carbons (Fsp3) is 0.409. The Labute approximate surface area is 180 Å². The highest BCUT2D eigenvalue weighted by atomic mass is 16.5. The van der Waals surface area contributed by atoms with Gasteiger partial charge in [-0.3, -0.25) is 14.7 Å². The molecule has 1 aliphatic heterocycles. The van der Waals surface area contributed by atoms with E-state index < -0.39 is 6.23 Å². The number of anilines is 1. The van der Waals surface area contributed by atoms with Gasteiger partial charge >= 0.3 is 0 Å². The molecule has 0 spiro atoms. The van der Waals surface area contributed by atoms with E-state index in [9.17, 15) is 9.90 Å². The van der Waals surface area contributed by atoms with Crippen LogP contribution in [0.2, 0.25) is 0 Å². The van der Waals surface area contributed by atoms with Crippen molar-refractivity contribution in [2.75, 3.05) is 37.7 Å². The lowest BCUT2D eigenvalue weighted by Crippen LogP contribution is -2.53. The number of piperazine rings is 1. The molecule has 0 aliphatic carbocycles. The molecule has 1 aliphatic rings. The van der Waals surface area contributed by atoms with E-state index in [1.165, 1.54) is 0 Å². The van der Waals surface area contributed by atoms with E-state index in [4.69, 9.17) is 9.47 Å². The summed E-state index contributed by atoms with van der Waals surface area (Å²) in [5.41, 5.74) is 2.60. The first-order chi connectivity index (χ1) is 15.2. The van der Waals surface area contributed by atoms with Crippen LogP contribution in [0.15, 0.2) is 42.7 Å². The second kappa shape index (κ2) is 9.76. The van der Waals surface area contributed by atoms with Crippen LogP contribution in [0.4, 0.5) is 5.69 Å². The van der Waals surface area contributed by atoms with Gasteiger partial charge in [-0.05, 0) is 24.6 Å². The summed E-state index contributed by atoms with van der Waals surface area (Å²) in [5, 5.41) is 11.7. The average Bonchev–Trinajstić information content (AvgIpc) is 3.12. The minimum atomic E-state index is -0.619. The van der Waals surface area contributed by atoms with E-state index in [0.29, 0.717) is 38.7 Å². The summed E-state index contributed by atoms with van der Waals surface area (Å²) in [7, 11) is 1.94. The van der Waals surface area contributed by atoms with E-state index in [1.807, 2.05) is 53.0 Å². The van der Waals surface area contributed by atoms with Crippen LogP contribution in [0.25, 0.3) is 11.0 Å². The van der Waals surface area contributed by atoms with Gasteiger partial charge in [-0.2, -0.15) is 4.98 Å². The average molecular weight is 425 g/mol. The highest BCUT2D eigenvalue weighted by Gasteiger charge is 2.27. The molecule has 9 heteroatoms. The molecule has 9 nitrogen and oxygen atoms in total. The minimum absolute atomic E-state index is 0.356. The number of carbonyl (C=O) groups excluding carboxylic acids is 1. The molecule has 1 unspecified atom stereocenters. The van der Waals surface area contributed by atoms with Crippen LogP contribution in [0.3, 0.4) is 0 Å². The Kier molecular flexibility index (Phi) is 6.63. The Hall–Kier alpha value is -3.17. The fourth-order valence-electron chi connectivity index (χ4n) is 3.88. The lowest BCUT2D eigenvalue weighted by atomic mass is 10.2. The largest absolute Gasteiger partial charge is 0.471 e. The highest BCUT2D eigenvalue weighted by Crippen LogP contribution is 2.31. The van der Waals surface area contributed by atoms with Crippen molar-refractivity contribution < 1.29 is 19.4 Å². The molecule has 3 aromatic heterocycles. The van der Waals surface area contributed by atoms with Gasteiger partial charge in [-0.25, -0.2) is 0 Å². The number of hydrogen-bond donors (Lipinski definition) is 1. The number of ether oxygens (including phenoxy) is 2.